The molecule has 1 aromatic carbocycles. The summed E-state index contributed by atoms with van der Waals surface area (Å²) in [6, 6.07) is 6.72. The average molecular weight is 364 g/mol. The molecule has 1 saturated carbocycles. The van der Waals surface area contributed by atoms with Gasteiger partial charge in [-0.2, -0.15) is 0 Å². The molecule has 0 unspecified atom stereocenters. The molecule has 3 rings (SSSR count). The van der Waals surface area contributed by atoms with Gasteiger partial charge in [0.2, 0.25) is 5.91 Å². The maximum absolute atomic E-state index is 12.7. The predicted molar refractivity (Wildman–Crippen MR) is 93.9 cm³/mol. The van der Waals surface area contributed by atoms with E-state index in [2.05, 4.69) is 17.6 Å². The Morgan fingerprint density at radius 2 is 2.00 bits per heavy atom. The van der Waals surface area contributed by atoms with E-state index >= 15 is 0 Å². The Kier molecular flexibility index (Phi) is 4.99. The van der Waals surface area contributed by atoms with Gasteiger partial charge < -0.3 is 10.6 Å². The third-order valence-corrected chi connectivity index (χ3v) is 5.48. The van der Waals surface area contributed by atoms with Crippen LogP contribution in [0.5, 0.6) is 0 Å². The standard InChI is InChI=1S/C18H22ClN3O3/c1-12-6-8-18(9-7-12)16(24)22(17(25)21-18)11-15(23)20-10-13-4-2-3-5-14(13)19/h2-5,12H,6-11H2,1H3,(H,20,23)(H,21,25). The molecular weight excluding hydrogens is 342 g/mol. The molecule has 1 aromatic rings. The van der Waals surface area contributed by atoms with Gasteiger partial charge in [-0.05, 0) is 43.2 Å². The van der Waals surface area contributed by atoms with Crippen molar-refractivity contribution in [1.82, 2.24) is 15.5 Å². The number of urea groups is 1. The molecular formula is C18H22ClN3O3. The fraction of sp³-hybridized carbons (Fsp3) is 0.500. The maximum Gasteiger partial charge on any atom is 0.325 e. The van der Waals surface area contributed by atoms with Crippen LogP contribution in [0.25, 0.3) is 0 Å². The lowest BCUT2D eigenvalue weighted by molar-refractivity contribution is -0.136. The molecule has 4 amide bonds. The molecule has 6 nitrogen and oxygen atoms in total. The highest BCUT2D eigenvalue weighted by Crippen LogP contribution is 2.36. The van der Waals surface area contributed by atoms with Gasteiger partial charge in [-0.25, -0.2) is 4.79 Å². The summed E-state index contributed by atoms with van der Waals surface area (Å²) in [6.07, 6.45) is 3.07. The maximum atomic E-state index is 12.7. The molecule has 0 aromatic heterocycles. The average Bonchev–Trinajstić information content (AvgIpc) is 2.81. The van der Waals surface area contributed by atoms with E-state index in [1.165, 1.54) is 0 Å². The molecule has 0 radical (unpaired) electrons. The first-order chi connectivity index (χ1) is 11.9. The van der Waals surface area contributed by atoms with E-state index in [1.807, 2.05) is 18.2 Å². The quantitative estimate of drug-likeness (QED) is 0.806. The Morgan fingerprint density at radius 3 is 2.68 bits per heavy atom. The van der Waals surface area contributed by atoms with Gasteiger partial charge in [0.1, 0.15) is 12.1 Å². The van der Waals surface area contributed by atoms with Crippen LogP contribution in [-0.4, -0.2) is 34.8 Å². The van der Waals surface area contributed by atoms with Crippen LogP contribution in [0.15, 0.2) is 24.3 Å². The van der Waals surface area contributed by atoms with Crippen molar-refractivity contribution in [3.05, 3.63) is 34.9 Å². The van der Waals surface area contributed by atoms with Gasteiger partial charge in [0, 0.05) is 11.6 Å². The van der Waals surface area contributed by atoms with Crippen LogP contribution >= 0.6 is 11.6 Å². The Morgan fingerprint density at radius 1 is 1.32 bits per heavy atom. The van der Waals surface area contributed by atoms with E-state index in [9.17, 15) is 14.4 Å². The molecule has 0 atom stereocenters. The van der Waals surface area contributed by atoms with Crippen molar-refractivity contribution in [2.24, 2.45) is 5.92 Å². The largest absolute Gasteiger partial charge is 0.350 e. The molecule has 1 saturated heterocycles. The number of carbonyl (C=O) groups is 3. The van der Waals surface area contributed by atoms with E-state index in [0.717, 1.165) is 23.3 Å². The molecule has 1 aliphatic heterocycles. The van der Waals surface area contributed by atoms with Crippen molar-refractivity contribution in [2.45, 2.75) is 44.7 Å². The van der Waals surface area contributed by atoms with E-state index < -0.39 is 11.6 Å². The first-order valence-corrected chi connectivity index (χ1v) is 8.93. The topological polar surface area (TPSA) is 78.5 Å². The van der Waals surface area contributed by atoms with Gasteiger partial charge in [-0.3, -0.25) is 14.5 Å². The van der Waals surface area contributed by atoms with E-state index in [1.54, 1.807) is 6.07 Å². The number of rotatable bonds is 4. The first-order valence-electron chi connectivity index (χ1n) is 8.55. The molecule has 1 aliphatic carbocycles. The second-order valence-electron chi connectivity index (χ2n) is 6.95. The highest BCUT2D eigenvalue weighted by Gasteiger charge is 2.52. The van der Waals surface area contributed by atoms with E-state index in [0.29, 0.717) is 23.8 Å². The zero-order chi connectivity index (χ0) is 18.0. The van der Waals surface area contributed by atoms with Crippen LogP contribution in [0.1, 0.15) is 38.2 Å². The van der Waals surface area contributed by atoms with Crippen molar-refractivity contribution in [2.75, 3.05) is 6.54 Å². The fourth-order valence-corrected chi connectivity index (χ4v) is 3.65. The monoisotopic (exact) mass is 363 g/mol. The summed E-state index contributed by atoms with van der Waals surface area (Å²) >= 11 is 6.05. The number of nitrogens with one attached hydrogen (secondary N) is 2. The summed E-state index contributed by atoms with van der Waals surface area (Å²) in [7, 11) is 0. The lowest BCUT2D eigenvalue weighted by Gasteiger charge is -2.33. The van der Waals surface area contributed by atoms with Gasteiger partial charge in [0.15, 0.2) is 0 Å². The number of amides is 4. The van der Waals surface area contributed by atoms with Crippen molar-refractivity contribution < 1.29 is 14.4 Å². The van der Waals surface area contributed by atoms with Crippen LogP contribution in [-0.2, 0) is 16.1 Å². The van der Waals surface area contributed by atoms with Crippen LogP contribution in [0.3, 0.4) is 0 Å². The van der Waals surface area contributed by atoms with E-state index in [-0.39, 0.29) is 24.9 Å². The number of imide groups is 1. The Hall–Kier alpha value is -2.08. The van der Waals surface area contributed by atoms with Gasteiger partial charge in [-0.1, -0.05) is 36.7 Å². The number of benzene rings is 1. The highest BCUT2D eigenvalue weighted by molar-refractivity contribution is 6.31. The second kappa shape index (κ2) is 7.04. The number of carbonyl (C=O) groups excluding carboxylic acids is 3. The Bertz CT molecular complexity index is 699. The van der Waals surface area contributed by atoms with Crippen LogP contribution in [0, 0.1) is 5.92 Å². The number of nitrogens with zero attached hydrogens (tertiary/aromatic N) is 1. The molecule has 2 fully saturated rings. The Balaban J connectivity index is 1.59. The van der Waals surface area contributed by atoms with Crippen molar-refractivity contribution >= 4 is 29.4 Å². The highest BCUT2D eigenvalue weighted by atomic mass is 35.5. The smallest absolute Gasteiger partial charge is 0.325 e. The molecule has 7 heteroatoms. The summed E-state index contributed by atoms with van der Waals surface area (Å²) in [5.74, 6) is -0.106. The normalized spacial score (nSPS) is 26.0. The van der Waals surface area contributed by atoms with Gasteiger partial charge in [0.05, 0.1) is 0 Å². The summed E-state index contributed by atoms with van der Waals surface area (Å²) in [5, 5.41) is 6.09. The molecule has 0 bridgehead atoms. The number of hydrogen-bond donors (Lipinski definition) is 2. The van der Waals surface area contributed by atoms with Crippen molar-refractivity contribution in [3.63, 3.8) is 0 Å². The van der Waals surface area contributed by atoms with Gasteiger partial charge in [0.25, 0.3) is 5.91 Å². The minimum Gasteiger partial charge on any atom is -0.350 e. The summed E-state index contributed by atoms with van der Waals surface area (Å²) in [6.45, 7) is 2.13. The minimum absolute atomic E-state index is 0.255. The van der Waals surface area contributed by atoms with Gasteiger partial charge in [-0.15, -0.1) is 0 Å². The lowest BCUT2D eigenvalue weighted by Crippen LogP contribution is -2.49. The number of hydrogen-bond acceptors (Lipinski definition) is 3. The Labute approximate surface area is 151 Å². The van der Waals surface area contributed by atoms with Crippen LogP contribution in [0.4, 0.5) is 4.79 Å². The lowest BCUT2D eigenvalue weighted by atomic mass is 9.77. The number of halogens is 1. The summed E-state index contributed by atoms with van der Waals surface area (Å²) in [5.41, 5.74) is -0.0282. The summed E-state index contributed by atoms with van der Waals surface area (Å²) in [4.78, 5) is 38.1. The molecule has 134 valence electrons. The predicted octanol–water partition coefficient (Wildman–Crippen LogP) is 2.46. The molecule has 2 aliphatic rings. The third-order valence-electron chi connectivity index (χ3n) is 5.11. The second-order valence-corrected chi connectivity index (χ2v) is 7.36. The van der Waals surface area contributed by atoms with E-state index in [4.69, 9.17) is 11.6 Å². The van der Waals surface area contributed by atoms with Crippen molar-refractivity contribution in [3.8, 4) is 0 Å². The zero-order valence-electron chi connectivity index (χ0n) is 14.2. The summed E-state index contributed by atoms with van der Waals surface area (Å²) < 4.78 is 0. The minimum atomic E-state index is -0.813. The molecule has 1 spiro atoms. The van der Waals surface area contributed by atoms with Crippen LogP contribution in [0.2, 0.25) is 5.02 Å². The first kappa shape index (κ1) is 17.7. The fourth-order valence-electron chi connectivity index (χ4n) is 3.45. The SMILES string of the molecule is CC1CCC2(CC1)NC(=O)N(CC(=O)NCc1ccccc1Cl)C2=O. The van der Waals surface area contributed by atoms with Gasteiger partial charge >= 0.3 is 6.03 Å². The molecule has 25 heavy (non-hydrogen) atoms. The van der Waals surface area contributed by atoms with Crippen LogP contribution < -0.4 is 10.6 Å². The third kappa shape index (κ3) is 3.63. The molecule has 1 heterocycles. The zero-order valence-corrected chi connectivity index (χ0v) is 14.9. The molecule has 2 N–H and O–H groups in total. The van der Waals surface area contributed by atoms with Crippen molar-refractivity contribution in [1.29, 1.82) is 0 Å².